The zero-order chi connectivity index (χ0) is 25.7. The van der Waals surface area contributed by atoms with E-state index in [1.54, 1.807) is 42.5 Å². The van der Waals surface area contributed by atoms with Crippen molar-refractivity contribution in [1.29, 1.82) is 0 Å². The van der Waals surface area contributed by atoms with Gasteiger partial charge in [0.05, 0.1) is 23.7 Å². The highest BCUT2D eigenvalue weighted by atomic mass is 16.4. The van der Waals surface area contributed by atoms with Gasteiger partial charge in [-0.25, -0.2) is 0 Å². The second-order valence-corrected chi connectivity index (χ2v) is 8.56. The summed E-state index contributed by atoms with van der Waals surface area (Å²) in [5, 5.41) is 14.9. The highest BCUT2D eigenvalue weighted by Crippen LogP contribution is 2.27. The molecule has 0 saturated carbocycles. The number of fused-ring (bicyclic) bond motifs is 1. The molecular formula is C27H26N4O5. The van der Waals surface area contributed by atoms with Crippen LogP contribution in [0.25, 0.3) is 0 Å². The fraction of sp³-hybridized carbons (Fsp3) is 0.185. The van der Waals surface area contributed by atoms with E-state index in [2.05, 4.69) is 10.6 Å². The molecule has 0 aliphatic carbocycles. The molecule has 1 heterocycles. The number of carbonyl (C=O) groups is 4. The van der Waals surface area contributed by atoms with Crippen molar-refractivity contribution in [2.24, 2.45) is 0 Å². The lowest BCUT2D eigenvalue weighted by molar-refractivity contribution is -0.137. The summed E-state index contributed by atoms with van der Waals surface area (Å²) in [6.45, 7) is -0.444. The van der Waals surface area contributed by atoms with E-state index < -0.39 is 42.3 Å². The van der Waals surface area contributed by atoms with Crippen molar-refractivity contribution in [3.63, 3.8) is 0 Å². The number of nitrogens with two attached hydrogens (primary N) is 1. The van der Waals surface area contributed by atoms with Gasteiger partial charge < -0.3 is 26.4 Å². The number of amides is 3. The summed E-state index contributed by atoms with van der Waals surface area (Å²) in [7, 11) is 0. The van der Waals surface area contributed by atoms with Crippen LogP contribution in [0.2, 0.25) is 0 Å². The molecule has 2 unspecified atom stereocenters. The molecular weight excluding hydrogens is 460 g/mol. The van der Waals surface area contributed by atoms with Crippen LogP contribution in [-0.2, 0) is 20.8 Å². The lowest BCUT2D eigenvalue weighted by atomic mass is 10.0. The Morgan fingerprint density at radius 1 is 1.00 bits per heavy atom. The molecule has 1 aliphatic heterocycles. The average Bonchev–Trinajstić information content (AvgIpc) is 2.95. The Labute approximate surface area is 207 Å². The summed E-state index contributed by atoms with van der Waals surface area (Å²) in [6.07, 6.45) is -0.149. The Kier molecular flexibility index (Phi) is 7.29. The van der Waals surface area contributed by atoms with Crippen LogP contribution in [0.15, 0.2) is 78.9 Å². The van der Waals surface area contributed by atoms with E-state index in [9.17, 15) is 24.3 Å². The molecule has 9 heteroatoms. The standard InChI is InChI=1S/C27H26N4O5/c28-19-11-12-21-20(14-19)27(36)31(23(26(35)30-21)13-17-7-3-1-4-8-17)16-24(32)29-22(15-25(33)34)18-9-5-2-6-10-18/h1-12,14,22-23H,13,15-16,28H2,(H,29,32)(H,30,35)(H,33,34). The Bertz CT molecular complexity index is 1280. The Balaban J connectivity index is 1.64. The van der Waals surface area contributed by atoms with Gasteiger partial charge in [-0.05, 0) is 29.3 Å². The minimum Gasteiger partial charge on any atom is -0.481 e. The third-order valence-corrected chi connectivity index (χ3v) is 5.97. The third-order valence-electron chi connectivity index (χ3n) is 5.97. The highest BCUT2D eigenvalue weighted by Gasteiger charge is 2.37. The van der Waals surface area contributed by atoms with Crippen molar-refractivity contribution in [3.05, 3.63) is 95.6 Å². The third kappa shape index (κ3) is 5.69. The zero-order valence-electron chi connectivity index (χ0n) is 19.4. The number of carbonyl (C=O) groups excluding carboxylic acids is 3. The van der Waals surface area contributed by atoms with Crippen LogP contribution in [0.4, 0.5) is 11.4 Å². The molecule has 0 saturated heterocycles. The van der Waals surface area contributed by atoms with Gasteiger partial charge in [0.1, 0.15) is 12.6 Å². The molecule has 0 fully saturated rings. The van der Waals surface area contributed by atoms with E-state index in [0.29, 0.717) is 16.9 Å². The maximum Gasteiger partial charge on any atom is 0.305 e. The molecule has 0 bridgehead atoms. The molecule has 184 valence electrons. The Hall–Kier alpha value is -4.66. The van der Waals surface area contributed by atoms with Crippen molar-refractivity contribution in [3.8, 4) is 0 Å². The SMILES string of the molecule is Nc1ccc2c(c1)C(=O)N(CC(=O)NC(CC(=O)O)c1ccccc1)C(Cc1ccccc1)C(=O)N2. The molecule has 0 spiro atoms. The van der Waals surface area contributed by atoms with Crippen LogP contribution < -0.4 is 16.4 Å². The molecule has 9 nitrogen and oxygen atoms in total. The number of carboxylic acids is 1. The number of rotatable bonds is 8. The van der Waals surface area contributed by atoms with E-state index in [-0.39, 0.29) is 18.4 Å². The molecule has 0 aromatic heterocycles. The Morgan fingerprint density at radius 3 is 2.33 bits per heavy atom. The van der Waals surface area contributed by atoms with E-state index in [1.165, 1.54) is 11.0 Å². The summed E-state index contributed by atoms with van der Waals surface area (Å²) in [4.78, 5) is 52.7. The molecule has 3 aromatic rings. The molecule has 3 aromatic carbocycles. The smallest absolute Gasteiger partial charge is 0.305 e. The average molecular weight is 487 g/mol. The monoisotopic (exact) mass is 486 g/mol. The molecule has 1 aliphatic rings. The number of nitrogens with one attached hydrogen (secondary N) is 2. The van der Waals surface area contributed by atoms with Crippen LogP contribution in [0, 0.1) is 0 Å². The summed E-state index contributed by atoms with van der Waals surface area (Å²) in [6, 6.07) is 20.7. The van der Waals surface area contributed by atoms with Gasteiger partial charge in [0.25, 0.3) is 5.91 Å². The van der Waals surface area contributed by atoms with E-state index in [1.807, 2.05) is 30.3 Å². The predicted molar refractivity (Wildman–Crippen MR) is 134 cm³/mol. The number of nitrogens with zero attached hydrogens (tertiary/aromatic N) is 1. The van der Waals surface area contributed by atoms with Crippen molar-refractivity contribution < 1.29 is 24.3 Å². The number of hydrogen-bond acceptors (Lipinski definition) is 5. The lowest BCUT2D eigenvalue weighted by Gasteiger charge is -2.29. The second-order valence-electron chi connectivity index (χ2n) is 8.56. The molecule has 2 atom stereocenters. The molecule has 3 amide bonds. The van der Waals surface area contributed by atoms with Crippen LogP contribution >= 0.6 is 0 Å². The topological polar surface area (TPSA) is 142 Å². The van der Waals surface area contributed by atoms with Crippen molar-refractivity contribution in [2.75, 3.05) is 17.6 Å². The van der Waals surface area contributed by atoms with Crippen molar-refractivity contribution >= 4 is 35.1 Å². The van der Waals surface area contributed by atoms with Crippen molar-refractivity contribution in [2.45, 2.75) is 24.9 Å². The number of anilines is 2. The van der Waals surface area contributed by atoms with E-state index >= 15 is 0 Å². The Morgan fingerprint density at radius 2 is 1.67 bits per heavy atom. The zero-order valence-corrected chi connectivity index (χ0v) is 19.4. The van der Waals surface area contributed by atoms with Gasteiger partial charge in [0, 0.05) is 12.1 Å². The number of aliphatic carboxylic acids is 1. The maximum absolute atomic E-state index is 13.6. The minimum absolute atomic E-state index is 0.178. The van der Waals surface area contributed by atoms with Gasteiger partial charge in [0.15, 0.2) is 0 Å². The summed E-state index contributed by atoms with van der Waals surface area (Å²) in [5.74, 6) is -2.63. The molecule has 0 radical (unpaired) electrons. The predicted octanol–water partition coefficient (Wildman–Crippen LogP) is 2.61. The molecule has 4 rings (SSSR count). The molecule has 5 N–H and O–H groups in total. The molecule has 36 heavy (non-hydrogen) atoms. The first-order chi connectivity index (χ1) is 17.3. The van der Waals surface area contributed by atoms with Crippen LogP contribution in [0.3, 0.4) is 0 Å². The fourth-order valence-electron chi connectivity index (χ4n) is 4.23. The number of carboxylic acid groups (broad SMARTS) is 1. The van der Waals surface area contributed by atoms with E-state index in [0.717, 1.165) is 5.56 Å². The summed E-state index contributed by atoms with van der Waals surface area (Å²) in [5.41, 5.74) is 8.16. The quantitative estimate of drug-likeness (QED) is 0.361. The van der Waals surface area contributed by atoms with Gasteiger partial charge >= 0.3 is 5.97 Å². The van der Waals surface area contributed by atoms with Gasteiger partial charge in [-0.15, -0.1) is 0 Å². The number of nitrogen functional groups attached to an aromatic ring is 1. The first kappa shape index (κ1) is 24.5. The summed E-state index contributed by atoms with van der Waals surface area (Å²) >= 11 is 0. The fourth-order valence-corrected chi connectivity index (χ4v) is 4.23. The van der Waals surface area contributed by atoms with Gasteiger partial charge in [0.2, 0.25) is 11.8 Å². The van der Waals surface area contributed by atoms with Gasteiger partial charge in [-0.2, -0.15) is 0 Å². The first-order valence-electron chi connectivity index (χ1n) is 11.4. The van der Waals surface area contributed by atoms with Gasteiger partial charge in [-0.1, -0.05) is 60.7 Å². The summed E-state index contributed by atoms with van der Waals surface area (Å²) < 4.78 is 0. The second kappa shape index (κ2) is 10.7. The van der Waals surface area contributed by atoms with Crippen LogP contribution in [-0.4, -0.2) is 46.3 Å². The largest absolute Gasteiger partial charge is 0.481 e. The maximum atomic E-state index is 13.6. The van der Waals surface area contributed by atoms with Crippen LogP contribution in [0.5, 0.6) is 0 Å². The number of benzene rings is 3. The van der Waals surface area contributed by atoms with Crippen molar-refractivity contribution in [1.82, 2.24) is 10.2 Å². The van der Waals surface area contributed by atoms with Crippen LogP contribution in [0.1, 0.15) is 33.9 Å². The number of hydrogen-bond donors (Lipinski definition) is 4. The normalized spacial score (nSPS) is 15.9. The first-order valence-corrected chi connectivity index (χ1v) is 11.4. The van der Waals surface area contributed by atoms with E-state index in [4.69, 9.17) is 5.73 Å². The van der Waals surface area contributed by atoms with Gasteiger partial charge in [-0.3, -0.25) is 19.2 Å². The minimum atomic E-state index is -1.08. The lowest BCUT2D eigenvalue weighted by Crippen LogP contribution is -2.51. The highest BCUT2D eigenvalue weighted by molar-refractivity contribution is 6.11.